The topological polar surface area (TPSA) is 77.8 Å². The number of hydrogen-bond acceptors (Lipinski definition) is 5. The van der Waals surface area contributed by atoms with Crippen LogP contribution in [0.1, 0.15) is 16.7 Å². The molecular weight excluding hydrogens is 389 g/mol. The number of nitrogens with zero attached hydrogens (tertiary/aromatic N) is 2. The molecule has 3 heterocycles. The first kappa shape index (κ1) is 17.5. The fraction of sp³-hybridized carbons (Fsp3) is 0. The van der Waals surface area contributed by atoms with E-state index in [9.17, 15) is 4.39 Å². The SMILES string of the molecule is N=C/C(=C\N)c1cnc2ccc(C3=C(c4cc(Cl)ccc4F)NC4=CN43)cc2c1. The fourth-order valence-corrected chi connectivity index (χ4v) is 3.68. The van der Waals surface area contributed by atoms with Gasteiger partial charge in [-0.3, -0.25) is 9.88 Å². The van der Waals surface area contributed by atoms with Gasteiger partial charge in [-0.05, 0) is 36.4 Å². The third kappa shape index (κ3) is 2.85. The van der Waals surface area contributed by atoms with E-state index in [1.165, 1.54) is 24.5 Å². The van der Waals surface area contributed by atoms with Crippen molar-refractivity contribution < 1.29 is 4.39 Å². The highest BCUT2D eigenvalue weighted by atomic mass is 35.5. The molecule has 3 aromatic rings. The summed E-state index contributed by atoms with van der Waals surface area (Å²) >= 11 is 6.10. The molecule has 0 unspecified atom stereocenters. The molecule has 1 aromatic heterocycles. The Morgan fingerprint density at radius 3 is 2.86 bits per heavy atom. The van der Waals surface area contributed by atoms with E-state index in [4.69, 9.17) is 22.7 Å². The maximum absolute atomic E-state index is 14.5. The Morgan fingerprint density at radius 2 is 2.07 bits per heavy atom. The van der Waals surface area contributed by atoms with Crippen LogP contribution in [-0.2, 0) is 0 Å². The van der Waals surface area contributed by atoms with Gasteiger partial charge in [-0.1, -0.05) is 17.7 Å². The Morgan fingerprint density at radius 1 is 1.21 bits per heavy atom. The molecule has 4 N–H and O–H groups in total. The molecule has 0 atom stereocenters. The number of nitrogens with two attached hydrogens (primary N) is 1. The number of fused-ring (bicyclic) bond motifs is 2. The molecule has 7 heteroatoms. The Bertz CT molecular complexity index is 1290. The summed E-state index contributed by atoms with van der Waals surface area (Å²) < 4.78 is 14.5. The third-order valence-electron chi connectivity index (χ3n) is 4.99. The summed E-state index contributed by atoms with van der Waals surface area (Å²) in [6.45, 7) is 0. The Balaban J connectivity index is 1.67. The Labute approximate surface area is 171 Å². The molecule has 2 aliphatic rings. The van der Waals surface area contributed by atoms with Gasteiger partial charge in [-0.25, -0.2) is 4.39 Å². The van der Waals surface area contributed by atoms with Crippen molar-refractivity contribution in [3.05, 3.63) is 94.4 Å². The molecule has 0 spiro atoms. The number of aromatic nitrogens is 1. The zero-order chi connectivity index (χ0) is 20.1. The first-order valence-corrected chi connectivity index (χ1v) is 9.27. The van der Waals surface area contributed by atoms with Crippen molar-refractivity contribution in [1.29, 1.82) is 5.41 Å². The van der Waals surface area contributed by atoms with Crippen LogP contribution in [-0.4, -0.2) is 16.1 Å². The second-order valence-corrected chi connectivity index (χ2v) is 7.19. The maximum Gasteiger partial charge on any atom is 0.132 e. The average Bonchev–Trinajstić information content (AvgIpc) is 3.40. The lowest BCUT2D eigenvalue weighted by Crippen LogP contribution is -2.05. The zero-order valence-electron chi connectivity index (χ0n) is 15.1. The molecule has 0 bridgehead atoms. The van der Waals surface area contributed by atoms with Gasteiger partial charge < -0.3 is 16.5 Å². The van der Waals surface area contributed by atoms with Gasteiger partial charge in [0.25, 0.3) is 0 Å². The van der Waals surface area contributed by atoms with Crippen molar-refractivity contribution in [2.75, 3.05) is 0 Å². The quantitative estimate of drug-likeness (QED) is 0.560. The molecule has 2 aromatic carbocycles. The summed E-state index contributed by atoms with van der Waals surface area (Å²) in [4.78, 5) is 6.45. The minimum absolute atomic E-state index is 0.342. The summed E-state index contributed by atoms with van der Waals surface area (Å²) in [5, 5.41) is 12.1. The van der Waals surface area contributed by atoms with E-state index in [0.717, 1.165) is 33.5 Å². The zero-order valence-corrected chi connectivity index (χ0v) is 15.8. The van der Waals surface area contributed by atoms with E-state index in [0.29, 0.717) is 21.9 Å². The van der Waals surface area contributed by atoms with Gasteiger partial charge in [-0.15, -0.1) is 0 Å². The second kappa shape index (κ2) is 6.46. The van der Waals surface area contributed by atoms with Crippen molar-refractivity contribution in [3.8, 4) is 0 Å². The van der Waals surface area contributed by atoms with Gasteiger partial charge in [0.2, 0.25) is 0 Å². The van der Waals surface area contributed by atoms with Gasteiger partial charge in [0.1, 0.15) is 11.6 Å². The number of hydrogen-bond donors (Lipinski definition) is 3. The van der Waals surface area contributed by atoms with Crippen LogP contribution in [0.4, 0.5) is 4.39 Å². The van der Waals surface area contributed by atoms with Crippen LogP contribution in [0.3, 0.4) is 0 Å². The highest BCUT2D eigenvalue weighted by molar-refractivity contribution is 6.30. The van der Waals surface area contributed by atoms with Crippen LogP contribution in [0.25, 0.3) is 27.9 Å². The average molecular weight is 404 g/mol. The lowest BCUT2D eigenvalue weighted by atomic mass is 10.0. The monoisotopic (exact) mass is 403 g/mol. The van der Waals surface area contributed by atoms with Crippen molar-refractivity contribution >= 4 is 45.7 Å². The van der Waals surface area contributed by atoms with Gasteiger partial charge in [0.15, 0.2) is 0 Å². The Kier molecular flexibility index (Phi) is 3.89. The molecule has 5 nitrogen and oxygen atoms in total. The smallest absolute Gasteiger partial charge is 0.132 e. The molecule has 142 valence electrons. The largest absolute Gasteiger partial charge is 0.404 e. The summed E-state index contributed by atoms with van der Waals surface area (Å²) in [7, 11) is 0. The Hall–Kier alpha value is -3.64. The number of allylic oxidation sites excluding steroid dienone is 1. The van der Waals surface area contributed by atoms with E-state index < -0.39 is 0 Å². The minimum Gasteiger partial charge on any atom is -0.404 e. The summed E-state index contributed by atoms with van der Waals surface area (Å²) in [6.07, 6.45) is 6.22. The van der Waals surface area contributed by atoms with Crippen molar-refractivity contribution in [2.24, 2.45) is 5.73 Å². The number of halogens is 2. The summed E-state index contributed by atoms with van der Waals surface area (Å²) in [5.74, 6) is 0.574. The summed E-state index contributed by atoms with van der Waals surface area (Å²) in [5.41, 5.74) is 10.6. The second-order valence-electron chi connectivity index (χ2n) is 6.75. The van der Waals surface area contributed by atoms with Gasteiger partial charge >= 0.3 is 0 Å². The molecule has 0 radical (unpaired) electrons. The predicted octanol–water partition coefficient (Wildman–Crippen LogP) is 4.52. The van der Waals surface area contributed by atoms with E-state index in [-0.39, 0.29) is 5.82 Å². The van der Waals surface area contributed by atoms with Crippen LogP contribution in [0.2, 0.25) is 5.02 Å². The molecule has 0 saturated carbocycles. The van der Waals surface area contributed by atoms with E-state index >= 15 is 0 Å². The van der Waals surface area contributed by atoms with E-state index in [1.807, 2.05) is 35.4 Å². The highest BCUT2D eigenvalue weighted by Gasteiger charge is 2.37. The predicted molar refractivity (Wildman–Crippen MR) is 114 cm³/mol. The molecule has 0 fully saturated rings. The molecule has 5 rings (SSSR count). The first-order chi connectivity index (χ1) is 14.1. The molecular formula is C22H15ClFN5. The van der Waals surface area contributed by atoms with E-state index in [2.05, 4.69) is 10.3 Å². The van der Waals surface area contributed by atoms with Crippen LogP contribution in [0.5, 0.6) is 0 Å². The van der Waals surface area contributed by atoms with Crippen LogP contribution >= 0.6 is 11.6 Å². The lowest BCUT2D eigenvalue weighted by molar-refractivity contribution is 0.623. The number of rotatable bonds is 4. The number of nitrogens with one attached hydrogen (secondary N) is 2. The van der Waals surface area contributed by atoms with Crippen LogP contribution < -0.4 is 11.1 Å². The molecule has 0 saturated heterocycles. The normalized spacial score (nSPS) is 15.3. The molecule has 0 amide bonds. The van der Waals surface area contributed by atoms with Crippen molar-refractivity contribution in [1.82, 2.24) is 15.2 Å². The van der Waals surface area contributed by atoms with Gasteiger partial charge in [-0.2, -0.15) is 0 Å². The van der Waals surface area contributed by atoms with Gasteiger partial charge in [0.05, 0.1) is 23.1 Å². The third-order valence-corrected chi connectivity index (χ3v) is 5.23. The van der Waals surface area contributed by atoms with E-state index in [1.54, 1.807) is 12.3 Å². The number of benzene rings is 2. The minimum atomic E-state index is -0.342. The summed E-state index contributed by atoms with van der Waals surface area (Å²) in [6, 6.07) is 12.3. The molecule has 29 heavy (non-hydrogen) atoms. The number of pyridine rings is 1. The maximum atomic E-state index is 14.5. The standard InChI is InChI=1S/C22H15ClFN5/c23-16-2-3-18(24)17(7-16)21-22(29-11-20(29)28-21)12-1-4-19-13(5-12)6-14(10-27-19)15(8-25)9-26/h1-11,25,28H,26H2/b15-9+,25-8?. The van der Waals surface area contributed by atoms with Gasteiger partial charge in [0, 0.05) is 51.3 Å². The molecule has 2 aliphatic heterocycles. The fourth-order valence-electron chi connectivity index (χ4n) is 3.51. The lowest BCUT2D eigenvalue weighted by Gasteiger charge is -2.12. The van der Waals surface area contributed by atoms with Crippen molar-refractivity contribution in [3.63, 3.8) is 0 Å². The highest BCUT2D eigenvalue weighted by Crippen LogP contribution is 2.44. The van der Waals surface area contributed by atoms with Crippen LogP contribution in [0, 0.1) is 11.2 Å². The van der Waals surface area contributed by atoms with Crippen molar-refractivity contribution in [2.45, 2.75) is 0 Å². The molecule has 0 aliphatic carbocycles. The van der Waals surface area contributed by atoms with Crippen LogP contribution in [0.15, 0.2) is 66.9 Å². The first-order valence-electron chi connectivity index (χ1n) is 8.90.